The highest BCUT2D eigenvalue weighted by atomic mass is 19.4. The molecule has 0 aliphatic heterocycles. The fourth-order valence-electron chi connectivity index (χ4n) is 1.90. The first-order chi connectivity index (χ1) is 18.2. The van der Waals surface area contributed by atoms with Gasteiger partial charge in [0, 0.05) is 0 Å². The molecule has 0 bridgehead atoms. The molecule has 43 heavy (non-hydrogen) atoms. The maximum atomic E-state index is 13.5. The Morgan fingerprint density at radius 3 is 0.884 bits per heavy atom. The lowest BCUT2D eigenvalue weighted by atomic mass is 9.88. The second kappa shape index (κ2) is 10.3. The van der Waals surface area contributed by atoms with Crippen molar-refractivity contribution in [3.05, 3.63) is 12.0 Å². The second-order valence-corrected chi connectivity index (χ2v) is 7.18. The van der Waals surface area contributed by atoms with E-state index in [9.17, 15) is 115 Å². The molecule has 0 amide bonds. The SMILES string of the molecule is O=C(O)C(F)(F)C(F)(F)O/C(F)=C(\F)OC(F)(F)C(F)(F)C(F)(F)C(F)(F)C(F)(F)C(F)(F)C(F)(F)C(F)(F)C(F)(F)F. The smallest absolute Gasteiger partial charge is 0.477 e. The van der Waals surface area contributed by atoms with Crippen LogP contribution in [0.25, 0.3) is 0 Å². The zero-order valence-electron chi connectivity index (χ0n) is 18.1. The maximum absolute atomic E-state index is 13.5. The summed E-state index contributed by atoms with van der Waals surface area (Å²) < 4.78 is 328. The lowest BCUT2D eigenvalue weighted by molar-refractivity contribution is -0.480. The molecular weight excluding hydrogens is 707 g/mol. The van der Waals surface area contributed by atoms with Gasteiger partial charge in [-0.3, -0.25) is 0 Å². The van der Waals surface area contributed by atoms with E-state index in [1.54, 1.807) is 4.74 Å². The van der Waals surface area contributed by atoms with Crippen molar-refractivity contribution in [1.29, 1.82) is 0 Å². The summed E-state index contributed by atoms with van der Waals surface area (Å²) in [5.74, 6) is -74.6. The number of carbonyl (C=O) groups is 1. The summed E-state index contributed by atoms with van der Waals surface area (Å²) in [6.07, 6.45) is -23.4. The maximum Gasteiger partial charge on any atom is 0.478 e. The summed E-state index contributed by atoms with van der Waals surface area (Å²) in [4.78, 5) is 9.90. The second-order valence-electron chi connectivity index (χ2n) is 7.18. The van der Waals surface area contributed by atoms with E-state index in [0.29, 0.717) is 0 Å². The molecule has 0 aromatic carbocycles. The van der Waals surface area contributed by atoms with E-state index in [1.807, 2.05) is 0 Å². The average Bonchev–Trinajstić information content (AvgIpc) is 2.76. The van der Waals surface area contributed by atoms with Crippen LogP contribution in [0.15, 0.2) is 12.0 Å². The van der Waals surface area contributed by atoms with Gasteiger partial charge in [0.15, 0.2) is 0 Å². The molecule has 0 unspecified atom stereocenters. The van der Waals surface area contributed by atoms with Gasteiger partial charge in [-0.2, -0.15) is 110 Å². The van der Waals surface area contributed by atoms with Crippen LogP contribution in [0.3, 0.4) is 0 Å². The fourth-order valence-corrected chi connectivity index (χ4v) is 1.90. The van der Waals surface area contributed by atoms with Crippen LogP contribution in [0, 0.1) is 0 Å². The van der Waals surface area contributed by atoms with Crippen LogP contribution < -0.4 is 0 Å². The van der Waals surface area contributed by atoms with Gasteiger partial charge in [0.25, 0.3) is 0 Å². The Labute approximate surface area is 214 Å². The molecule has 0 aromatic heterocycles. The van der Waals surface area contributed by atoms with Gasteiger partial charge in [-0.1, -0.05) is 0 Å². The Bertz CT molecular complexity index is 1080. The summed E-state index contributed by atoms with van der Waals surface area (Å²) in [6, 6.07) is -9.39. The minimum Gasteiger partial charge on any atom is -0.477 e. The highest BCUT2D eigenvalue weighted by Crippen LogP contribution is 2.65. The molecule has 0 aromatic rings. The van der Waals surface area contributed by atoms with Crippen molar-refractivity contribution in [2.24, 2.45) is 0 Å². The topological polar surface area (TPSA) is 55.8 Å². The molecule has 256 valence electrons. The molecule has 0 rings (SSSR count). The van der Waals surface area contributed by atoms with E-state index in [2.05, 4.69) is 0 Å². The zero-order valence-corrected chi connectivity index (χ0v) is 18.1. The molecule has 1 N–H and O–H groups in total. The molecule has 0 atom stereocenters. The van der Waals surface area contributed by atoms with Crippen LogP contribution in [-0.4, -0.2) is 76.8 Å². The molecule has 0 aliphatic carbocycles. The number of hydrogen-bond acceptors (Lipinski definition) is 3. The number of carboxylic acids is 1. The predicted molar refractivity (Wildman–Crippen MR) is 74.6 cm³/mol. The van der Waals surface area contributed by atoms with E-state index in [0.717, 1.165) is 0 Å². The molecule has 0 radical (unpaired) electrons. The number of alkyl halides is 23. The van der Waals surface area contributed by atoms with Gasteiger partial charge in [0.1, 0.15) is 0 Å². The van der Waals surface area contributed by atoms with E-state index in [1.165, 1.54) is 4.74 Å². The normalized spacial score (nSPS) is 16.6. The lowest BCUT2D eigenvalue weighted by Crippen LogP contribution is -2.75. The first-order valence-corrected chi connectivity index (χ1v) is 8.72. The Balaban J connectivity index is 6.87. The Kier molecular flexibility index (Phi) is 9.61. The van der Waals surface area contributed by atoms with Crippen LogP contribution >= 0.6 is 0 Å². The number of aliphatic carboxylic acids is 1. The van der Waals surface area contributed by atoms with Crippen molar-refractivity contribution in [3.63, 3.8) is 0 Å². The highest BCUT2D eigenvalue weighted by molar-refractivity contribution is 5.76. The van der Waals surface area contributed by atoms with E-state index >= 15 is 0 Å². The first kappa shape index (κ1) is 40.1. The molecule has 29 heteroatoms. The van der Waals surface area contributed by atoms with Crippen molar-refractivity contribution in [2.75, 3.05) is 0 Å². The third kappa shape index (κ3) is 5.58. The van der Waals surface area contributed by atoms with Gasteiger partial charge < -0.3 is 14.6 Å². The summed E-state index contributed by atoms with van der Waals surface area (Å²) in [6.45, 7) is 0. The van der Waals surface area contributed by atoms with Crippen LogP contribution in [-0.2, 0) is 14.3 Å². The van der Waals surface area contributed by atoms with Crippen LogP contribution in [0.1, 0.15) is 0 Å². The fraction of sp³-hybridized carbons (Fsp3) is 0.786. The zero-order chi connectivity index (χ0) is 35.6. The van der Waals surface area contributed by atoms with Gasteiger partial charge in [-0.05, 0) is 0 Å². The monoisotopic (exact) mass is 708 g/mol. The van der Waals surface area contributed by atoms with Crippen molar-refractivity contribution < 1.29 is 129 Å². The average molecular weight is 708 g/mol. The van der Waals surface area contributed by atoms with Gasteiger partial charge in [-0.25, -0.2) is 4.79 Å². The summed E-state index contributed by atoms with van der Waals surface area (Å²) in [5.41, 5.74) is 0. The molecule has 0 spiro atoms. The molecule has 0 heterocycles. The number of rotatable bonds is 13. The first-order valence-electron chi connectivity index (χ1n) is 8.72. The highest BCUT2D eigenvalue weighted by Gasteiger charge is 2.97. The standard InChI is InChI=1S/C14HF25O4/c15-1(42-13(36,37)4(17,18)3(40)41)2(16)43-14(38,39)11(31,32)9(27,28)7(23,24)5(19,20)6(21,22)8(25,26)10(29,30)12(33,34)35/h(H,40,41)/b2-1+. The van der Waals surface area contributed by atoms with Gasteiger partial charge >= 0.3 is 83.8 Å². The van der Waals surface area contributed by atoms with Gasteiger partial charge in [0.2, 0.25) is 0 Å². The minimum atomic E-state index is -9.39. The van der Waals surface area contributed by atoms with E-state index < -0.39 is 83.8 Å². The number of halogens is 25. The molecule has 0 fully saturated rings. The Morgan fingerprint density at radius 2 is 0.628 bits per heavy atom. The molecule has 0 aliphatic rings. The Hall–Kier alpha value is -2.94. The summed E-state index contributed by atoms with van der Waals surface area (Å²) in [5, 5.41) is 7.74. The number of carboxylic acid groups (broad SMARTS) is 1. The van der Waals surface area contributed by atoms with Crippen molar-refractivity contribution in [2.45, 2.75) is 65.8 Å². The summed E-state index contributed by atoms with van der Waals surface area (Å²) in [7, 11) is 0. The Morgan fingerprint density at radius 1 is 0.395 bits per heavy atom. The third-order valence-corrected chi connectivity index (χ3v) is 4.31. The predicted octanol–water partition coefficient (Wildman–Crippen LogP) is 8.00. The van der Waals surface area contributed by atoms with E-state index in [4.69, 9.17) is 5.11 Å². The number of hydrogen-bond donors (Lipinski definition) is 1. The van der Waals surface area contributed by atoms with Crippen molar-refractivity contribution in [3.8, 4) is 0 Å². The quantitative estimate of drug-likeness (QED) is 0.156. The van der Waals surface area contributed by atoms with Crippen LogP contribution in [0.2, 0.25) is 0 Å². The van der Waals surface area contributed by atoms with E-state index in [-0.39, 0.29) is 0 Å². The third-order valence-electron chi connectivity index (χ3n) is 4.31. The number of ether oxygens (including phenoxy) is 2. The van der Waals surface area contributed by atoms with Crippen LogP contribution in [0.4, 0.5) is 110 Å². The molecule has 0 saturated carbocycles. The molecule has 0 saturated heterocycles. The largest absolute Gasteiger partial charge is 0.478 e. The molecule has 4 nitrogen and oxygen atoms in total. The van der Waals surface area contributed by atoms with Crippen molar-refractivity contribution >= 4 is 5.97 Å². The van der Waals surface area contributed by atoms with Crippen LogP contribution in [0.5, 0.6) is 0 Å². The lowest BCUT2D eigenvalue weighted by Gasteiger charge is -2.43. The van der Waals surface area contributed by atoms with Gasteiger partial charge in [-0.15, -0.1) is 0 Å². The molecular formula is C14HF25O4. The summed E-state index contributed by atoms with van der Waals surface area (Å²) >= 11 is 0. The van der Waals surface area contributed by atoms with Crippen molar-refractivity contribution in [1.82, 2.24) is 0 Å². The minimum absolute atomic E-state index is 1.47. The van der Waals surface area contributed by atoms with Gasteiger partial charge in [0.05, 0.1) is 0 Å².